The van der Waals surface area contributed by atoms with Gasteiger partial charge in [-0.2, -0.15) is 0 Å². The van der Waals surface area contributed by atoms with Crippen LogP contribution in [0, 0.1) is 5.92 Å². The zero-order valence-electron chi connectivity index (χ0n) is 11.1. The lowest BCUT2D eigenvalue weighted by atomic mass is 9.84. The number of hydrogen-bond acceptors (Lipinski definition) is 3. The van der Waals surface area contributed by atoms with Crippen LogP contribution in [0.5, 0.6) is 0 Å². The van der Waals surface area contributed by atoms with Crippen LogP contribution in [0.2, 0.25) is 0 Å². The molecule has 0 aromatic carbocycles. The lowest BCUT2D eigenvalue weighted by Gasteiger charge is -2.50. The molecule has 16 heavy (non-hydrogen) atoms. The number of hydrogen-bond donors (Lipinski definition) is 1. The van der Waals surface area contributed by atoms with Crippen LogP contribution in [0.3, 0.4) is 0 Å². The number of piperazine rings is 1. The molecule has 1 saturated carbocycles. The predicted molar refractivity (Wildman–Crippen MR) is 66.6 cm³/mol. The fourth-order valence-electron chi connectivity index (χ4n) is 2.99. The van der Waals surface area contributed by atoms with Gasteiger partial charge in [0, 0.05) is 38.3 Å². The number of rotatable bonds is 3. The lowest BCUT2D eigenvalue weighted by molar-refractivity contribution is -0.0584. The number of ether oxygens (including phenoxy) is 1. The maximum atomic E-state index is 5.39. The highest BCUT2D eigenvalue weighted by Gasteiger charge is 2.39. The summed E-state index contributed by atoms with van der Waals surface area (Å²) >= 11 is 0. The van der Waals surface area contributed by atoms with Gasteiger partial charge in [-0.25, -0.2) is 0 Å². The van der Waals surface area contributed by atoms with Gasteiger partial charge in [0.1, 0.15) is 0 Å². The van der Waals surface area contributed by atoms with Crippen molar-refractivity contribution >= 4 is 0 Å². The SMILES string of the molecule is COC1CC(N2CC(C)NCC2C(C)C)C1. The Labute approximate surface area is 99.5 Å². The van der Waals surface area contributed by atoms with Crippen LogP contribution in [-0.2, 0) is 4.74 Å². The van der Waals surface area contributed by atoms with E-state index in [0.717, 1.165) is 18.5 Å². The molecule has 1 heterocycles. The van der Waals surface area contributed by atoms with E-state index in [4.69, 9.17) is 4.74 Å². The van der Waals surface area contributed by atoms with Gasteiger partial charge in [0.25, 0.3) is 0 Å². The summed E-state index contributed by atoms with van der Waals surface area (Å²) in [6, 6.07) is 2.11. The molecule has 0 aromatic rings. The summed E-state index contributed by atoms with van der Waals surface area (Å²) < 4.78 is 5.39. The maximum absolute atomic E-state index is 5.39. The van der Waals surface area contributed by atoms with Gasteiger partial charge in [-0.05, 0) is 25.7 Å². The molecular formula is C13H26N2O. The smallest absolute Gasteiger partial charge is 0.0601 e. The first-order valence-electron chi connectivity index (χ1n) is 6.63. The van der Waals surface area contributed by atoms with Crippen LogP contribution < -0.4 is 5.32 Å². The molecule has 2 aliphatic rings. The highest BCUT2D eigenvalue weighted by molar-refractivity contribution is 4.96. The number of nitrogens with zero attached hydrogens (tertiary/aromatic N) is 1. The zero-order valence-corrected chi connectivity index (χ0v) is 11.1. The average molecular weight is 226 g/mol. The minimum Gasteiger partial charge on any atom is -0.381 e. The molecule has 2 atom stereocenters. The molecule has 1 aliphatic heterocycles. The first kappa shape index (κ1) is 12.3. The van der Waals surface area contributed by atoms with Crippen molar-refractivity contribution in [3.8, 4) is 0 Å². The summed E-state index contributed by atoms with van der Waals surface area (Å²) in [4.78, 5) is 2.72. The summed E-state index contributed by atoms with van der Waals surface area (Å²) in [6.45, 7) is 9.30. The molecule has 3 nitrogen and oxygen atoms in total. The Morgan fingerprint density at radius 3 is 2.56 bits per heavy atom. The van der Waals surface area contributed by atoms with Crippen molar-refractivity contribution in [2.75, 3.05) is 20.2 Å². The molecule has 0 bridgehead atoms. The third-order valence-electron chi connectivity index (χ3n) is 4.23. The fourth-order valence-corrected chi connectivity index (χ4v) is 2.99. The summed E-state index contributed by atoms with van der Waals surface area (Å²) in [5, 5.41) is 3.60. The second-order valence-electron chi connectivity index (χ2n) is 5.80. The Balaban J connectivity index is 1.93. The van der Waals surface area contributed by atoms with E-state index in [2.05, 4.69) is 31.0 Å². The van der Waals surface area contributed by atoms with E-state index >= 15 is 0 Å². The van der Waals surface area contributed by atoms with Crippen LogP contribution in [0.15, 0.2) is 0 Å². The van der Waals surface area contributed by atoms with E-state index in [-0.39, 0.29) is 0 Å². The van der Waals surface area contributed by atoms with Crippen molar-refractivity contribution < 1.29 is 4.74 Å². The second kappa shape index (κ2) is 5.03. The standard InChI is InChI=1S/C13H26N2O/c1-9(2)13-7-14-10(3)8-15(13)11-5-12(6-11)16-4/h9-14H,5-8H2,1-4H3. The van der Waals surface area contributed by atoms with E-state index < -0.39 is 0 Å². The molecule has 1 N–H and O–H groups in total. The first-order valence-corrected chi connectivity index (χ1v) is 6.63. The lowest BCUT2D eigenvalue weighted by Crippen LogP contribution is -2.63. The summed E-state index contributed by atoms with van der Waals surface area (Å²) in [7, 11) is 1.83. The zero-order chi connectivity index (χ0) is 11.7. The van der Waals surface area contributed by atoms with Gasteiger partial charge in [-0.1, -0.05) is 13.8 Å². The third kappa shape index (κ3) is 2.41. The average Bonchev–Trinajstić information content (AvgIpc) is 2.15. The maximum Gasteiger partial charge on any atom is 0.0601 e. The third-order valence-corrected chi connectivity index (χ3v) is 4.23. The largest absolute Gasteiger partial charge is 0.381 e. The van der Waals surface area contributed by atoms with E-state index in [0.29, 0.717) is 18.2 Å². The van der Waals surface area contributed by atoms with Crippen molar-refractivity contribution in [2.45, 2.75) is 57.8 Å². The van der Waals surface area contributed by atoms with Crippen molar-refractivity contribution in [3.05, 3.63) is 0 Å². The highest BCUT2D eigenvalue weighted by Crippen LogP contribution is 2.31. The summed E-state index contributed by atoms with van der Waals surface area (Å²) in [6.07, 6.45) is 2.97. The summed E-state index contributed by atoms with van der Waals surface area (Å²) in [5.74, 6) is 0.738. The van der Waals surface area contributed by atoms with Gasteiger partial charge in [0.2, 0.25) is 0 Å². The van der Waals surface area contributed by atoms with Gasteiger partial charge < -0.3 is 10.1 Å². The molecule has 0 spiro atoms. The molecule has 1 aliphatic carbocycles. The van der Waals surface area contributed by atoms with E-state index in [1.807, 2.05) is 7.11 Å². The summed E-state index contributed by atoms with van der Waals surface area (Å²) in [5.41, 5.74) is 0. The van der Waals surface area contributed by atoms with Crippen LogP contribution in [0.4, 0.5) is 0 Å². The van der Waals surface area contributed by atoms with Crippen LogP contribution >= 0.6 is 0 Å². The fraction of sp³-hybridized carbons (Fsp3) is 1.00. The Morgan fingerprint density at radius 1 is 1.31 bits per heavy atom. The van der Waals surface area contributed by atoms with Crippen molar-refractivity contribution in [3.63, 3.8) is 0 Å². The minimum absolute atomic E-state index is 0.517. The Morgan fingerprint density at radius 2 is 2.00 bits per heavy atom. The monoisotopic (exact) mass is 226 g/mol. The molecule has 2 fully saturated rings. The van der Waals surface area contributed by atoms with Crippen molar-refractivity contribution in [1.82, 2.24) is 10.2 Å². The van der Waals surface area contributed by atoms with Gasteiger partial charge in [-0.15, -0.1) is 0 Å². The minimum atomic E-state index is 0.517. The molecule has 0 amide bonds. The van der Waals surface area contributed by atoms with Crippen LogP contribution in [0.25, 0.3) is 0 Å². The molecule has 2 unspecified atom stereocenters. The van der Waals surface area contributed by atoms with Gasteiger partial charge in [0.05, 0.1) is 6.10 Å². The topological polar surface area (TPSA) is 24.5 Å². The van der Waals surface area contributed by atoms with Crippen LogP contribution in [0.1, 0.15) is 33.6 Å². The van der Waals surface area contributed by atoms with E-state index in [9.17, 15) is 0 Å². The van der Waals surface area contributed by atoms with Gasteiger partial charge >= 0.3 is 0 Å². The quantitative estimate of drug-likeness (QED) is 0.789. The first-order chi connectivity index (χ1) is 7.61. The molecule has 2 rings (SSSR count). The van der Waals surface area contributed by atoms with E-state index in [1.165, 1.54) is 19.4 Å². The molecule has 3 heteroatoms. The predicted octanol–water partition coefficient (Wildman–Crippen LogP) is 1.48. The molecule has 0 radical (unpaired) electrons. The number of nitrogens with one attached hydrogen (secondary N) is 1. The Kier molecular flexibility index (Phi) is 3.88. The van der Waals surface area contributed by atoms with Crippen LogP contribution in [-0.4, -0.2) is 49.3 Å². The van der Waals surface area contributed by atoms with Gasteiger partial charge in [0.15, 0.2) is 0 Å². The molecular weight excluding hydrogens is 200 g/mol. The number of methoxy groups -OCH3 is 1. The normalized spacial score (nSPS) is 41.1. The molecule has 94 valence electrons. The highest BCUT2D eigenvalue weighted by atomic mass is 16.5. The second-order valence-corrected chi connectivity index (χ2v) is 5.80. The van der Waals surface area contributed by atoms with Crippen molar-refractivity contribution in [2.24, 2.45) is 5.92 Å². The van der Waals surface area contributed by atoms with Crippen molar-refractivity contribution in [1.29, 1.82) is 0 Å². The molecule has 0 aromatic heterocycles. The Hall–Kier alpha value is -0.120. The molecule has 1 saturated heterocycles. The Bertz CT molecular complexity index is 226. The van der Waals surface area contributed by atoms with E-state index in [1.54, 1.807) is 0 Å². The van der Waals surface area contributed by atoms with Gasteiger partial charge in [-0.3, -0.25) is 4.90 Å².